The second-order valence-corrected chi connectivity index (χ2v) is 5.20. The van der Waals surface area contributed by atoms with Crippen molar-refractivity contribution in [1.29, 1.82) is 0 Å². The number of benzene rings is 1. The van der Waals surface area contributed by atoms with Gasteiger partial charge in [0.2, 0.25) is 11.8 Å². The van der Waals surface area contributed by atoms with Crippen LogP contribution in [0.1, 0.15) is 13.3 Å². The molecule has 0 aliphatic carbocycles. The van der Waals surface area contributed by atoms with Crippen molar-refractivity contribution in [3.05, 3.63) is 30.3 Å². The zero-order chi connectivity index (χ0) is 15.2. The van der Waals surface area contributed by atoms with Crippen molar-refractivity contribution in [3.8, 4) is 5.75 Å². The second-order valence-electron chi connectivity index (χ2n) is 5.20. The predicted molar refractivity (Wildman–Crippen MR) is 78.7 cm³/mol. The Balaban J connectivity index is 1.74. The van der Waals surface area contributed by atoms with Gasteiger partial charge in [-0.05, 0) is 19.1 Å². The van der Waals surface area contributed by atoms with Crippen LogP contribution in [-0.4, -0.2) is 48.5 Å². The number of nitrogens with one attached hydrogen (secondary N) is 1. The molecule has 0 bridgehead atoms. The monoisotopic (exact) mass is 291 g/mol. The molecule has 1 fully saturated rings. The van der Waals surface area contributed by atoms with Gasteiger partial charge in [0.1, 0.15) is 12.4 Å². The lowest BCUT2D eigenvalue weighted by atomic mass is 10.2. The number of hydrogen-bond donors (Lipinski definition) is 2. The topological polar surface area (TPSA) is 84.7 Å². The van der Waals surface area contributed by atoms with Crippen LogP contribution in [0.5, 0.6) is 5.75 Å². The highest BCUT2D eigenvalue weighted by molar-refractivity contribution is 5.84. The van der Waals surface area contributed by atoms with E-state index in [9.17, 15) is 9.59 Å². The molecule has 0 spiro atoms. The summed E-state index contributed by atoms with van der Waals surface area (Å²) in [6.45, 7) is 3.08. The number of nitrogens with two attached hydrogens (primary N) is 1. The van der Waals surface area contributed by atoms with E-state index in [1.54, 1.807) is 11.8 Å². The Kier molecular flexibility index (Phi) is 5.16. The Morgan fingerprint density at radius 3 is 2.86 bits per heavy atom. The van der Waals surface area contributed by atoms with E-state index >= 15 is 0 Å². The SMILES string of the molecule is C[C@@H](N)C(=O)NC1CC(=O)N(CCOc2ccccc2)C1. The normalized spacial score (nSPS) is 19.4. The summed E-state index contributed by atoms with van der Waals surface area (Å²) in [5.74, 6) is 0.586. The predicted octanol–water partition coefficient (Wildman–Crippen LogP) is 0.130. The average Bonchev–Trinajstić information content (AvgIpc) is 2.80. The van der Waals surface area contributed by atoms with Gasteiger partial charge in [0.25, 0.3) is 0 Å². The van der Waals surface area contributed by atoms with Gasteiger partial charge in [-0.25, -0.2) is 0 Å². The summed E-state index contributed by atoms with van der Waals surface area (Å²) in [6.07, 6.45) is 0.323. The number of hydrogen-bond acceptors (Lipinski definition) is 4. The molecule has 1 unspecified atom stereocenters. The lowest BCUT2D eigenvalue weighted by molar-refractivity contribution is -0.128. The number of ether oxygens (including phenoxy) is 1. The highest BCUT2D eigenvalue weighted by Crippen LogP contribution is 2.12. The first-order valence-corrected chi connectivity index (χ1v) is 7.08. The molecule has 1 saturated heterocycles. The fourth-order valence-corrected chi connectivity index (χ4v) is 2.21. The molecule has 1 heterocycles. The van der Waals surface area contributed by atoms with Crippen molar-refractivity contribution in [2.75, 3.05) is 19.7 Å². The minimum Gasteiger partial charge on any atom is -0.492 e. The van der Waals surface area contributed by atoms with Gasteiger partial charge in [-0.1, -0.05) is 18.2 Å². The first-order valence-electron chi connectivity index (χ1n) is 7.08. The minimum atomic E-state index is -0.560. The average molecular weight is 291 g/mol. The molecule has 2 amide bonds. The maximum atomic E-state index is 11.9. The van der Waals surface area contributed by atoms with Gasteiger partial charge in [0, 0.05) is 13.0 Å². The third-order valence-electron chi connectivity index (χ3n) is 3.35. The van der Waals surface area contributed by atoms with Gasteiger partial charge >= 0.3 is 0 Å². The van der Waals surface area contributed by atoms with E-state index in [0.717, 1.165) is 5.75 Å². The Hall–Kier alpha value is -2.08. The number of para-hydroxylation sites is 1. The fourth-order valence-electron chi connectivity index (χ4n) is 2.21. The van der Waals surface area contributed by atoms with E-state index in [1.165, 1.54) is 0 Å². The molecule has 0 aromatic heterocycles. The van der Waals surface area contributed by atoms with Crippen LogP contribution in [0.3, 0.4) is 0 Å². The molecule has 2 atom stereocenters. The van der Waals surface area contributed by atoms with Crippen LogP contribution in [0.2, 0.25) is 0 Å². The first kappa shape index (κ1) is 15.3. The molecule has 1 aliphatic rings. The molecule has 114 valence electrons. The Morgan fingerprint density at radius 2 is 2.19 bits per heavy atom. The van der Waals surface area contributed by atoms with Crippen molar-refractivity contribution in [3.63, 3.8) is 0 Å². The molecule has 1 aromatic carbocycles. The van der Waals surface area contributed by atoms with E-state index in [-0.39, 0.29) is 17.9 Å². The lowest BCUT2D eigenvalue weighted by Crippen LogP contribution is -2.45. The second kappa shape index (κ2) is 7.08. The molecule has 6 heteroatoms. The van der Waals surface area contributed by atoms with Crippen molar-refractivity contribution in [2.45, 2.75) is 25.4 Å². The number of amides is 2. The summed E-state index contributed by atoms with van der Waals surface area (Å²) in [6, 6.07) is 8.74. The lowest BCUT2D eigenvalue weighted by Gasteiger charge is -2.18. The summed E-state index contributed by atoms with van der Waals surface area (Å²) >= 11 is 0. The van der Waals surface area contributed by atoms with Gasteiger partial charge in [0.15, 0.2) is 0 Å². The summed E-state index contributed by atoms with van der Waals surface area (Å²) < 4.78 is 5.57. The van der Waals surface area contributed by atoms with Crippen LogP contribution in [0.25, 0.3) is 0 Å². The van der Waals surface area contributed by atoms with E-state index in [4.69, 9.17) is 10.5 Å². The van der Waals surface area contributed by atoms with Crippen molar-refractivity contribution >= 4 is 11.8 Å². The van der Waals surface area contributed by atoms with Crippen LogP contribution < -0.4 is 15.8 Å². The molecule has 2 rings (SSSR count). The van der Waals surface area contributed by atoms with Crippen molar-refractivity contribution in [2.24, 2.45) is 5.73 Å². The molecular formula is C15H21N3O3. The van der Waals surface area contributed by atoms with E-state index in [0.29, 0.717) is 26.1 Å². The number of likely N-dealkylation sites (tertiary alicyclic amines) is 1. The van der Waals surface area contributed by atoms with Crippen LogP contribution >= 0.6 is 0 Å². The first-order chi connectivity index (χ1) is 10.1. The number of carbonyl (C=O) groups excluding carboxylic acids is 2. The Morgan fingerprint density at radius 1 is 1.48 bits per heavy atom. The Labute approximate surface area is 124 Å². The fraction of sp³-hybridized carbons (Fsp3) is 0.467. The molecule has 1 aliphatic heterocycles. The number of rotatable bonds is 6. The maximum Gasteiger partial charge on any atom is 0.236 e. The van der Waals surface area contributed by atoms with Crippen LogP contribution in [0.4, 0.5) is 0 Å². The largest absolute Gasteiger partial charge is 0.492 e. The third kappa shape index (κ3) is 4.46. The molecule has 1 aromatic rings. The van der Waals surface area contributed by atoms with Gasteiger partial charge in [-0.15, -0.1) is 0 Å². The zero-order valence-electron chi connectivity index (χ0n) is 12.1. The minimum absolute atomic E-state index is 0.0293. The van der Waals surface area contributed by atoms with Gasteiger partial charge in [0.05, 0.1) is 18.6 Å². The molecule has 0 saturated carbocycles. The summed E-state index contributed by atoms with van der Waals surface area (Å²) in [7, 11) is 0. The van der Waals surface area contributed by atoms with E-state index < -0.39 is 6.04 Å². The highest BCUT2D eigenvalue weighted by Gasteiger charge is 2.30. The van der Waals surface area contributed by atoms with Crippen molar-refractivity contribution < 1.29 is 14.3 Å². The van der Waals surface area contributed by atoms with Crippen LogP contribution in [-0.2, 0) is 9.59 Å². The maximum absolute atomic E-state index is 11.9. The van der Waals surface area contributed by atoms with E-state index in [2.05, 4.69) is 5.32 Å². The van der Waals surface area contributed by atoms with E-state index in [1.807, 2.05) is 30.3 Å². The molecule has 21 heavy (non-hydrogen) atoms. The van der Waals surface area contributed by atoms with Crippen molar-refractivity contribution in [1.82, 2.24) is 10.2 Å². The molecule has 6 nitrogen and oxygen atoms in total. The zero-order valence-corrected chi connectivity index (χ0v) is 12.1. The smallest absolute Gasteiger partial charge is 0.236 e. The van der Waals surface area contributed by atoms with Crippen LogP contribution in [0, 0.1) is 0 Å². The molecule has 0 radical (unpaired) electrons. The summed E-state index contributed by atoms with van der Waals surface area (Å²) in [4.78, 5) is 25.1. The van der Waals surface area contributed by atoms with Gasteiger partial charge in [-0.2, -0.15) is 0 Å². The quantitative estimate of drug-likeness (QED) is 0.780. The third-order valence-corrected chi connectivity index (χ3v) is 3.35. The van der Waals surface area contributed by atoms with Crippen LogP contribution in [0.15, 0.2) is 30.3 Å². The molecule has 3 N–H and O–H groups in total. The standard InChI is InChI=1S/C15H21N3O3/c1-11(16)15(20)17-12-9-14(19)18(10-12)7-8-21-13-5-3-2-4-6-13/h2-6,11-12H,7-10,16H2,1H3,(H,17,20)/t11-,12?/m1/s1. The number of nitrogens with zero attached hydrogens (tertiary/aromatic N) is 1. The Bertz CT molecular complexity index is 490. The highest BCUT2D eigenvalue weighted by atomic mass is 16.5. The molecular weight excluding hydrogens is 270 g/mol. The van der Waals surface area contributed by atoms with Gasteiger partial charge in [-0.3, -0.25) is 9.59 Å². The summed E-state index contributed by atoms with van der Waals surface area (Å²) in [5, 5.41) is 2.78. The van der Waals surface area contributed by atoms with Gasteiger partial charge < -0.3 is 20.7 Å². The summed E-state index contributed by atoms with van der Waals surface area (Å²) in [5.41, 5.74) is 5.50. The number of carbonyl (C=O) groups is 2.